The fourth-order valence-corrected chi connectivity index (χ4v) is 3.29. The van der Waals surface area contributed by atoms with E-state index in [1.165, 1.54) is 25.7 Å². The molecule has 0 aromatic carbocycles. The van der Waals surface area contributed by atoms with Crippen molar-refractivity contribution in [2.45, 2.75) is 51.9 Å². The summed E-state index contributed by atoms with van der Waals surface area (Å²) in [4.78, 5) is 22.9. The maximum absolute atomic E-state index is 12.0. The number of amides is 1. The largest absolute Gasteiger partial charge is 0.481 e. The molecule has 0 aromatic rings. The molecule has 2 fully saturated rings. The lowest BCUT2D eigenvalue weighted by Crippen LogP contribution is -2.37. The molecule has 2 atom stereocenters. The zero-order chi connectivity index (χ0) is 13.2. The van der Waals surface area contributed by atoms with Gasteiger partial charge in [0.2, 0.25) is 5.91 Å². The molecular formula is C14H23NO3. The SMILES string of the molecule is CC1(CNC(=O)C2CCC(C(=O)O)C2)CCCC1. The molecule has 4 nitrogen and oxygen atoms in total. The lowest BCUT2D eigenvalue weighted by Gasteiger charge is -2.24. The minimum atomic E-state index is -0.756. The van der Waals surface area contributed by atoms with E-state index in [-0.39, 0.29) is 23.2 Å². The second-order valence-electron chi connectivity index (χ2n) is 6.28. The topological polar surface area (TPSA) is 66.4 Å². The molecule has 2 unspecified atom stereocenters. The highest BCUT2D eigenvalue weighted by Crippen LogP contribution is 2.37. The Labute approximate surface area is 108 Å². The van der Waals surface area contributed by atoms with Gasteiger partial charge < -0.3 is 10.4 Å². The van der Waals surface area contributed by atoms with E-state index in [2.05, 4.69) is 12.2 Å². The van der Waals surface area contributed by atoms with Crippen LogP contribution in [0.4, 0.5) is 0 Å². The zero-order valence-corrected chi connectivity index (χ0v) is 11.1. The number of nitrogens with one attached hydrogen (secondary N) is 1. The number of carbonyl (C=O) groups is 2. The minimum Gasteiger partial charge on any atom is -0.481 e. The predicted molar refractivity (Wildman–Crippen MR) is 68.1 cm³/mol. The van der Waals surface area contributed by atoms with E-state index >= 15 is 0 Å². The number of carboxylic acids is 1. The average molecular weight is 253 g/mol. The van der Waals surface area contributed by atoms with Gasteiger partial charge in [0.25, 0.3) is 0 Å². The van der Waals surface area contributed by atoms with Crippen LogP contribution in [-0.2, 0) is 9.59 Å². The van der Waals surface area contributed by atoms with E-state index in [9.17, 15) is 9.59 Å². The molecule has 0 aromatic heterocycles. The van der Waals surface area contributed by atoms with E-state index in [1.807, 2.05) is 0 Å². The quantitative estimate of drug-likeness (QED) is 0.807. The van der Waals surface area contributed by atoms with Crippen LogP contribution in [0.2, 0.25) is 0 Å². The Hall–Kier alpha value is -1.06. The van der Waals surface area contributed by atoms with Gasteiger partial charge in [-0.05, 0) is 37.5 Å². The maximum Gasteiger partial charge on any atom is 0.306 e. The molecule has 0 spiro atoms. The zero-order valence-electron chi connectivity index (χ0n) is 11.1. The summed E-state index contributed by atoms with van der Waals surface area (Å²) in [5.74, 6) is -1.10. The van der Waals surface area contributed by atoms with Gasteiger partial charge in [-0.1, -0.05) is 19.8 Å². The molecule has 102 valence electrons. The molecule has 4 heteroatoms. The number of aliphatic carboxylic acids is 1. The van der Waals surface area contributed by atoms with Gasteiger partial charge in [-0.15, -0.1) is 0 Å². The van der Waals surface area contributed by atoms with Gasteiger partial charge in [-0.2, -0.15) is 0 Å². The lowest BCUT2D eigenvalue weighted by molar-refractivity contribution is -0.141. The van der Waals surface area contributed by atoms with Crippen LogP contribution in [-0.4, -0.2) is 23.5 Å². The molecule has 2 rings (SSSR count). The summed E-state index contributed by atoms with van der Waals surface area (Å²) >= 11 is 0. The number of carboxylic acid groups (broad SMARTS) is 1. The fraction of sp³-hybridized carbons (Fsp3) is 0.857. The molecule has 18 heavy (non-hydrogen) atoms. The Kier molecular flexibility index (Phi) is 3.93. The van der Waals surface area contributed by atoms with Crippen molar-refractivity contribution in [2.24, 2.45) is 17.3 Å². The molecule has 0 bridgehead atoms. The summed E-state index contributed by atoms with van der Waals surface area (Å²) in [6, 6.07) is 0. The Morgan fingerprint density at radius 3 is 2.39 bits per heavy atom. The van der Waals surface area contributed by atoms with Gasteiger partial charge in [0.15, 0.2) is 0 Å². The third kappa shape index (κ3) is 3.03. The Morgan fingerprint density at radius 2 is 1.83 bits per heavy atom. The molecular weight excluding hydrogens is 230 g/mol. The van der Waals surface area contributed by atoms with Crippen molar-refractivity contribution in [3.63, 3.8) is 0 Å². The van der Waals surface area contributed by atoms with Gasteiger partial charge in [-0.25, -0.2) is 0 Å². The summed E-state index contributed by atoms with van der Waals surface area (Å²) in [7, 11) is 0. The highest BCUT2D eigenvalue weighted by Gasteiger charge is 2.35. The maximum atomic E-state index is 12.0. The van der Waals surface area contributed by atoms with Crippen LogP contribution in [0.1, 0.15) is 51.9 Å². The lowest BCUT2D eigenvalue weighted by atomic mass is 9.88. The van der Waals surface area contributed by atoms with E-state index in [4.69, 9.17) is 5.11 Å². The second kappa shape index (κ2) is 5.29. The van der Waals surface area contributed by atoms with Crippen LogP contribution < -0.4 is 5.32 Å². The summed E-state index contributed by atoms with van der Waals surface area (Å²) in [5.41, 5.74) is 0.264. The smallest absolute Gasteiger partial charge is 0.306 e. The number of hydrogen-bond acceptors (Lipinski definition) is 2. The molecule has 1 amide bonds. The van der Waals surface area contributed by atoms with Gasteiger partial charge in [0, 0.05) is 12.5 Å². The Morgan fingerprint density at radius 1 is 1.22 bits per heavy atom. The van der Waals surface area contributed by atoms with Crippen molar-refractivity contribution in [3.8, 4) is 0 Å². The van der Waals surface area contributed by atoms with Crippen molar-refractivity contribution in [2.75, 3.05) is 6.54 Å². The Bertz CT molecular complexity index is 334. The van der Waals surface area contributed by atoms with Crippen molar-refractivity contribution < 1.29 is 14.7 Å². The van der Waals surface area contributed by atoms with E-state index in [1.54, 1.807) is 0 Å². The highest BCUT2D eigenvalue weighted by molar-refractivity contribution is 5.80. The van der Waals surface area contributed by atoms with Gasteiger partial charge in [0.05, 0.1) is 5.92 Å². The van der Waals surface area contributed by atoms with Crippen molar-refractivity contribution in [1.29, 1.82) is 0 Å². The van der Waals surface area contributed by atoms with Gasteiger partial charge >= 0.3 is 5.97 Å². The molecule has 2 aliphatic carbocycles. The van der Waals surface area contributed by atoms with E-state index < -0.39 is 5.97 Å². The third-order valence-electron chi connectivity index (χ3n) is 4.65. The van der Waals surface area contributed by atoms with Crippen LogP contribution in [0.25, 0.3) is 0 Å². The van der Waals surface area contributed by atoms with Crippen molar-refractivity contribution >= 4 is 11.9 Å². The van der Waals surface area contributed by atoms with Crippen LogP contribution >= 0.6 is 0 Å². The summed E-state index contributed by atoms with van der Waals surface area (Å²) < 4.78 is 0. The Balaban J connectivity index is 1.77. The first-order chi connectivity index (χ1) is 8.50. The first-order valence-corrected chi connectivity index (χ1v) is 7.01. The first kappa shape index (κ1) is 13.4. The number of carbonyl (C=O) groups excluding carboxylic acids is 1. The standard InChI is InChI=1S/C14H23NO3/c1-14(6-2-3-7-14)9-15-12(16)10-4-5-11(8-10)13(17)18/h10-11H,2-9H2,1H3,(H,15,16)(H,17,18). The molecule has 0 radical (unpaired) electrons. The first-order valence-electron chi connectivity index (χ1n) is 7.01. The fourth-order valence-electron chi connectivity index (χ4n) is 3.29. The molecule has 0 aliphatic heterocycles. The van der Waals surface area contributed by atoms with Gasteiger partial charge in [0.1, 0.15) is 0 Å². The molecule has 2 N–H and O–H groups in total. The van der Waals surface area contributed by atoms with Gasteiger partial charge in [-0.3, -0.25) is 9.59 Å². The number of hydrogen-bond donors (Lipinski definition) is 2. The van der Waals surface area contributed by atoms with E-state index in [0.717, 1.165) is 13.0 Å². The second-order valence-corrected chi connectivity index (χ2v) is 6.28. The van der Waals surface area contributed by atoms with E-state index in [0.29, 0.717) is 12.8 Å². The highest BCUT2D eigenvalue weighted by atomic mass is 16.4. The molecule has 2 saturated carbocycles. The van der Waals surface area contributed by atoms with Crippen LogP contribution in [0, 0.1) is 17.3 Å². The average Bonchev–Trinajstić information content (AvgIpc) is 2.95. The summed E-state index contributed by atoms with van der Waals surface area (Å²) in [5, 5.41) is 12.0. The van der Waals surface area contributed by atoms with Crippen LogP contribution in [0.5, 0.6) is 0 Å². The molecule has 0 saturated heterocycles. The summed E-state index contributed by atoms with van der Waals surface area (Å²) in [6.45, 7) is 2.98. The third-order valence-corrected chi connectivity index (χ3v) is 4.65. The molecule has 0 heterocycles. The van der Waals surface area contributed by atoms with Crippen LogP contribution in [0.3, 0.4) is 0 Å². The molecule has 2 aliphatic rings. The van der Waals surface area contributed by atoms with Crippen molar-refractivity contribution in [3.05, 3.63) is 0 Å². The summed E-state index contributed by atoms with van der Waals surface area (Å²) in [6.07, 6.45) is 6.78. The van der Waals surface area contributed by atoms with Crippen molar-refractivity contribution in [1.82, 2.24) is 5.32 Å². The van der Waals surface area contributed by atoms with Crippen LogP contribution in [0.15, 0.2) is 0 Å². The normalized spacial score (nSPS) is 30.3. The monoisotopic (exact) mass is 253 g/mol. The number of rotatable bonds is 4. The predicted octanol–water partition coefficient (Wildman–Crippen LogP) is 2.18. The minimum absolute atomic E-state index is 0.0619.